The zero-order chi connectivity index (χ0) is 19.1. The van der Waals surface area contributed by atoms with Gasteiger partial charge in [-0.15, -0.1) is 0 Å². The number of allylic oxidation sites excluding steroid dienone is 1. The molecule has 26 heavy (non-hydrogen) atoms. The second kappa shape index (κ2) is 13.4. The molecular weight excluding hydrogens is 324 g/mol. The zero-order valence-corrected chi connectivity index (χ0v) is 16.8. The predicted octanol–water partition coefficient (Wildman–Crippen LogP) is 5.83. The van der Waals surface area contributed by atoms with Gasteiger partial charge in [0.2, 0.25) is 0 Å². The van der Waals surface area contributed by atoms with Crippen molar-refractivity contribution in [2.24, 2.45) is 0 Å². The second-order valence-corrected chi connectivity index (χ2v) is 7.71. The van der Waals surface area contributed by atoms with Gasteiger partial charge in [-0.1, -0.05) is 43.9 Å². The number of aromatic nitrogens is 1. The van der Waals surface area contributed by atoms with Crippen molar-refractivity contribution in [3.8, 4) is 0 Å². The van der Waals surface area contributed by atoms with Gasteiger partial charge in [0.1, 0.15) is 5.60 Å². The maximum absolute atomic E-state index is 11.5. The minimum absolute atomic E-state index is 0.338. The lowest BCUT2D eigenvalue weighted by molar-refractivity contribution is 0.0529. The molecule has 0 aliphatic heterocycles. The smallest absolute Gasteiger partial charge is 0.407 e. The van der Waals surface area contributed by atoms with Crippen LogP contribution in [0.5, 0.6) is 0 Å². The summed E-state index contributed by atoms with van der Waals surface area (Å²) in [5, 5.41) is 2.77. The van der Waals surface area contributed by atoms with Crippen molar-refractivity contribution in [1.29, 1.82) is 0 Å². The maximum Gasteiger partial charge on any atom is 0.407 e. The van der Waals surface area contributed by atoms with E-state index in [0.29, 0.717) is 6.54 Å². The monoisotopic (exact) mass is 360 g/mol. The fraction of sp³-hybridized carbons (Fsp3) is 0.636. The molecule has 4 nitrogen and oxygen atoms in total. The molecule has 0 unspecified atom stereocenters. The van der Waals surface area contributed by atoms with E-state index < -0.39 is 5.60 Å². The molecule has 1 N–H and O–H groups in total. The number of carbonyl (C=O) groups excluding carboxylic acids is 1. The van der Waals surface area contributed by atoms with Gasteiger partial charge >= 0.3 is 6.09 Å². The Morgan fingerprint density at radius 1 is 1.08 bits per heavy atom. The second-order valence-electron chi connectivity index (χ2n) is 7.71. The highest BCUT2D eigenvalue weighted by Gasteiger charge is 2.15. The van der Waals surface area contributed by atoms with Crippen LogP contribution >= 0.6 is 0 Å². The number of nitrogens with zero attached hydrogens (tertiary/aromatic N) is 1. The average molecular weight is 361 g/mol. The molecule has 0 spiro atoms. The number of unbranched alkanes of at least 4 members (excludes halogenated alkanes) is 6. The first-order chi connectivity index (χ1) is 12.5. The van der Waals surface area contributed by atoms with Gasteiger partial charge in [0.25, 0.3) is 0 Å². The van der Waals surface area contributed by atoms with Crippen molar-refractivity contribution in [2.45, 2.75) is 84.2 Å². The standard InChI is InChI=1S/C22H36N2O2/c1-22(2,3)26-21(25)24-18-13-11-9-7-5-4-6-8-10-12-15-20-16-14-17-23-19-20/h9,11,14,16-17,19H,4-8,10,12-13,15,18H2,1-3H3,(H,24,25)/b11-9+. The fourth-order valence-electron chi connectivity index (χ4n) is 2.65. The molecule has 0 bridgehead atoms. The quantitative estimate of drug-likeness (QED) is 0.377. The molecule has 1 aromatic heterocycles. The molecule has 1 amide bonds. The Morgan fingerprint density at radius 3 is 2.46 bits per heavy atom. The van der Waals surface area contributed by atoms with Crippen LogP contribution in [0, 0.1) is 0 Å². The Bertz CT molecular complexity index is 507. The highest BCUT2D eigenvalue weighted by atomic mass is 16.6. The fourth-order valence-corrected chi connectivity index (χ4v) is 2.65. The van der Waals surface area contributed by atoms with E-state index in [1.165, 1.54) is 44.1 Å². The summed E-state index contributed by atoms with van der Waals surface area (Å²) < 4.78 is 5.19. The first-order valence-corrected chi connectivity index (χ1v) is 9.98. The first-order valence-electron chi connectivity index (χ1n) is 9.98. The largest absolute Gasteiger partial charge is 0.444 e. The average Bonchev–Trinajstić information content (AvgIpc) is 2.58. The summed E-state index contributed by atoms with van der Waals surface area (Å²) in [6.07, 6.45) is 18.7. The van der Waals surface area contributed by atoms with Crippen LogP contribution in [0.15, 0.2) is 36.7 Å². The molecule has 0 saturated heterocycles. The van der Waals surface area contributed by atoms with Gasteiger partial charge in [0, 0.05) is 18.9 Å². The number of carbonyl (C=O) groups is 1. The molecule has 1 rings (SSSR count). The molecule has 0 aliphatic carbocycles. The summed E-state index contributed by atoms with van der Waals surface area (Å²) in [6.45, 7) is 6.23. The van der Waals surface area contributed by atoms with Gasteiger partial charge in [-0.2, -0.15) is 0 Å². The van der Waals surface area contributed by atoms with Crippen LogP contribution in [-0.2, 0) is 11.2 Å². The number of hydrogen-bond donors (Lipinski definition) is 1. The van der Waals surface area contributed by atoms with Crippen LogP contribution in [-0.4, -0.2) is 23.2 Å². The van der Waals surface area contributed by atoms with Crippen LogP contribution in [0.4, 0.5) is 4.79 Å². The van der Waals surface area contributed by atoms with Gasteiger partial charge in [0.05, 0.1) is 0 Å². The normalized spacial score (nSPS) is 11.7. The molecule has 0 fully saturated rings. The minimum atomic E-state index is -0.432. The molecule has 146 valence electrons. The third kappa shape index (κ3) is 13.5. The Hall–Kier alpha value is -1.84. The van der Waals surface area contributed by atoms with Crippen molar-refractivity contribution in [1.82, 2.24) is 10.3 Å². The van der Waals surface area contributed by atoms with E-state index in [-0.39, 0.29) is 6.09 Å². The molecular formula is C22H36N2O2. The van der Waals surface area contributed by atoms with Gasteiger partial charge in [-0.25, -0.2) is 4.79 Å². The molecule has 1 heterocycles. The van der Waals surface area contributed by atoms with Crippen molar-refractivity contribution >= 4 is 6.09 Å². The van der Waals surface area contributed by atoms with E-state index in [0.717, 1.165) is 19.3 Å². The molecule has 0 radical (unpaired) electrons. The number of rotatable bonds is 12. The molecule has 0 aromatic carbocycles. The summed E-state index contributed by atoms with van der Waals surface area (Å²) in [4.78, 5) is 15.6. The van der Waals surface area contributed by atoms with Crippen molar-refractivity contribution in [3.63, 3.8) is 0 Å². The van der Waals surface area contributed by atoms with Crippen LogP contribution < -0.4 is 5.32 Å². The summed E-state index contributed by atoms with van der Waals surface area (Å²) in [5.41, 5.74) is 0.914. The van der Waals surface area contributed by atoms with Crippen LogP contribution in [0.2, 0.25) is 0 Å². The number of aryl methyl sites for hydroxylation is 1. The third-order valence-electron chi connectivity index (χ3n) is 3.95. The van der Waals surface area contributed by atoms with E-state index in [9.17, 15) is 4.79 Å². The third-order valence-corrected chi connectivity index (χ3v) is 3.95. The number of hydrogen-bond acceptors (Lipinski definition) is 3. The van der Waals surface area contributed by atoms with Gasteiger partial charge < -0.3 is 10.1 Å². The SMILES string of the molecule is CC(C)(C)OC(=O)NCC/C=C/CCCCCCCCc1cccnc1. The Morgan fingerprint density at radius 2 is 1.77 bits per heavy atom. The summed E-state index contributed by atoms with van der Waals surface area (Å²) >= 11 is 0. The van der Waals surface area contributed by atoms with Crippen molar-refractivity contribution < 1.29 is 9.53 Å². The van der Waals surface area contributed by atoms with Crippen LogP contribution in [0.1, 0.15) is 77.7 Å². The van der Waals surface area contributed by atoms with E-state index >= 15 is 0 Å². The molecule has 4 heteroatoms. The summed E-state index contributed by atoms with van der Waals surface area (Å²) in [6, 6.07) is 4.17. The van der Waals surface area contributed by atoms with Crippen molar-refractivity contribution in [3.05, 3.63) is 42.2 Å². The minimum Gasteiger partial charge on any atom is -0.444 e. The Labute approximate surface area is 159 Å². The molecule has 1 aromatic rings. The van der Waals surface area contributed by atoms with E-state index in [2.05, 4.69) is 28.5 Å². The topological polar surface area (TPSA) is 51.2 Å². The van der Waals surface area contributed by atoms with E-state index in [1.54, 1.807) is 0 Å². The lowest BCUT2D eigenvalue weighted by atomic mass is 10.1. The van der Waals surface area contributed by atoms with Crippen LogP contribution in [0.3, 0.4) is 0 Å². The van der Waals surface area contributed by atoms with Gasteiger partial charge in [-0.05, 0) is 64.5 Å². The summed E-state index contributed by atoms with van der Waals surface area (Å²) in [7, 11) is 0. The Kier molecular flexibility index (Phi) is 11.4. The first kappa shape index (κ1) is 22.2. The highest BCUT2D eigenvalue weighted by molar-refractivity contribution is 5.67. The molecule has 0 aliphatic rings. The number of nitrogens with one attached hydrogen (secondary N) is 1. The number of amides is 1. The lowest BCUT2D eigenvalue weighted by Gasteiger charge is -2.19. The summed E-state index contributed by atoms with van der Waals surface area (Å²) in [5.74, 6) is 0. The lowest BCUT2D eigenvalue weighted by Crippen LogP contribution is -2.32. The highest BCUT2D eigenvalue weighted by Crippen LogP contribution is 2.10. The number of ether oxygens (including phenoxy) is 1. The maximum atomic E-state index is 11.5. The van der Waals surface area contributed by atoms with Gasteiger partial charge in [0.15, 0.2) is 0 Å². The van der Waals surface area contributed by atoms with Crippen molar-refractivity contribution in [2.75, 3.05) is 6.54 Å². The number of alkyl carbamates (subject to hydrolysis) is 1. The molecule has 0 saturated carbocycles. The van der Waals surface area contributed by atoms with Gasteiger partial charge in [-0.3, -0.25) is 4.98 Å². The Balaban J connectivity index is 1.85. The molecule has 0 atom stereocenters. The predicted molar refractivity (Wildman–Crippen MR) is 108 cm³/mol. The zero-order valence-electron chi connectivity index (χ0n) is 16.8. The van der Waals surface area contributed by atoms with E-state index in [1.807, 2.05) is 39.2 Å². The van der Waals surface area contributed by atoms with Crippen LogP contribution in [0.25, 0.3) is 0 Å². The van der Waals surface area contributed by atoms with E-state index in [4.69, 9.17) is 4.74 Å². The number of pyridine rings is 1.